The van der Waals surface area contributed by atoms with Gasteiger partial charge in [0, 0.05) is 42.8 Å². The zero-order chi connectivity index (χ0) is 16.4. The molecule has 1 unspecified atom stereocenters. The van der Waals surface area contributed by atoms with Crippen LogP contribution in [0.2, 0.25) is 0 Å². The molecule has 1 aromatic heterocycles. The number of hydrogen-bond donors (Lipinski definition) is 2. The van der Waals surface area contributed by atoms with Crippen LogP contribution in [0, 0.1) is 6.92 Å². The van der Waals surface area contributed by atoms with E-state index < -0.39 is 0 Å². The van der Waals surface area contributed by atoms with Crippen molar-refractivity contribution in [3.8, 4) is 0 Å². The van der Waals surface area contributed by atoms with Crippen LogP contribution < -0.4 is 10.6 Å². The van der Waals surface area contributed by atoms with Crippen LogP contribution in [0.15, 0.2) is 48.7 Å². The van der Waals surface area contributed by atoms with Gasteiger partial charge in [-0.3, -0.25) is 0 Å². The maximum atomic E-state index is 6.10. The number of fused-ring (bicyclic) bond motifs is 1. The molecule has 3 aromatic rings. The molecular formula is C20H25N3. The second-order valence-corrected chi connectivity index (χ2v) is 6.49. The van der Waals surface area contributed by atoms with Gasteiger partial charge in [0.1, 0.15) is 0 Å². The summed E-state index contributed by atoms with van der Waals surface area (Å²) in [5.74, 6) is 0.329. The number of nitrogens with two attached hydrogens (primary N) is 1. The average molecular weight is 307 g/mol. The van der Waals surface area contributed by atoms with E-state index in [1.54, 1.807) is 0 Å². The monoisotopic (exact) mass is 307 g/mol. The Labute approximate surface area is 138 Å². The van der Waals surface area contributed by atoms with Crippen LogP contribution in [0.5, 0.6) is 0 Å². The number of nitrogens with zero attached hydrogens (tertiary/aromatic N) is 1. The van der Waals surface area contributed by atoms with Crippen molar-refractivity contribution < 1.29 is 0 Å². The lowest BCUT2D eigenvalue weighted by atomic mass is 9.91. The number of hydrogen-bond acceptors (Lipinski definition) is 2. The van der Waals surface area contributed by atoms with Gasteiger partial charge in [-0.15, -0.1) is 0 Å². The Hall–Kier alpha value is -2.26. The number of H-pyrrole nitrogens is 1. The summed E-state index contributed by atoms with van der Waals surface area (Å²) in [5.41, 5.74) is 12.4. The smallest absolute Gasteiger partial charge is 0.0457 e. The first kappa shape index (κ1) is 15.6. The predicted octanol–water partition coefficient (Wildman–Crippen LogP) is 3.83. The van der Waals surface area contributed by atoms with Crippen molar-refractivity contribution in [2.45, 2.75) is 19.3 Å². The topological polar surface area (TPSA) is 45.1 Å². The highest BCUT2D eigenvalue weighted by Gasteiger charge is 2.15. The summed E-state index contributed by atoms with van der Waals surface area (Å²) in [6.07, 6.45) is 3.08. The molecule has 3 rings (SSSR count). The average Bonchev–Trinajstić information content (AvgIpc) is 2.96. The van der Waals surface area contributed by atoms with E-state index in [-0.39, 0.29) is 0 Å². The van der Waals surface area contributed by atoms with Crippen molar-refractivity contribution in [3.63, 3.8) is 0 Å². The SMILES string of the molecule is Cc1ccc2[nH]cc(C(CN)Cc3ccc(N(C)C)cc3)c2c1. The summed E-state index contributed by atoms with van der Waals surface area (Å²) in [6, 6.07) is 15.3. The molecule has 0 aliphatic rings. The third kappa shape index (κ3) is 3.25. The second-order valence-electron chi connectivity index (χ2n) is 6.49. The van der Waals surface area contributed by atoms with Crippen LogP contribution in [0.25, 0.3) is 10.9 Å². The van der Waals surface area contributed by atoms with Crippen LogP contribution in [0.4, 0.5) is 5.69 Å². The van der Waals surface area contributed by atoms with E-state index in [0.717, 1.165) is 6.42 Å². The van der Waals surface area contributed by atoms with Gasteiger partial charge < -0.3 is 15.6 Å². The van der Waals surface area contributed by atoms with Crippen LogP contribution in [0.3, 0.4) is 0 Å². The summed E-state index contributed by atoms with van der Waals surface area (Å²) in [4.78, 5) is 5.50. The molecule has 1 atom stereocenters. The Kier molecular flexibility index (Phi) is 4.39. The van der Waals surface area contributed by atoms with Crippen LogP contribution in [-0.4, -0.2) is 25.6 Å². The molecule has 0 radical (unpaired) electrons. The first-order valence-corrected chi connectivity index (χ1v) is 8.12. The summed E-state index contributed by atoms with van der Waals surface area (Å²) in [5, 5.41) is 1.30. The van der Waals surface area contributed by atoms with E-state index in [9.17, 15) is 0 Å². The first-order valence-electron chi connectivity index (χ1n) is 8.12. The first-order chi connectivity index (χ1) is 11.1. The minimum absolute atomic E-state index is 0.329. The highest BCUT2D eigenvalue weighted by Crippen LogP contribution is 2.29. The Morgan fingerprint density at radius 1 is 1.09 bits per heavy atom. The summed E-state index contributed by atoms with van der Waals surface area (Å²) < 4.78 is 0. The number of anilines is 1. The lowest BCUT2D eigenvalue weighted by molar-refractivity contribution is 0.699. The summed E-state index contributed by atoms with van der Waals surface area (Å²) in [7, 11) is 4.12. The molecule has 0 spiro atoms. The van der Waals surface area contributed by atoms with Gasteiger partial charge in [0.25, 0.3) is 0 Å². The molecule has 0 aliphatic heterocycles. The molecule has 0 fully saturated rings. The zero-order valence-electron chi connectivity index (χ0n) is 14.1. The highest BCUT2D eigenvalue weighted by atomic mass is 15.1. The predicted molar refractivity (Wildman–Crippen MR) is 99.3 cm³/mol. The number of benzene rings is 2. The largest absolute Gasteiger partial charge is 0.378 e. The molecule has 3 N–H and O–H groups in total. The van der Waals surface area contributed by atoms with Crippen LogP contribution >= 0.6 is 0 Å². The minimum Gasteiger partial charge on any atom is -0.378 e. The van der Waals surface area contributed by atoms with E-state index in [1.165, 1.54) is 33.3 Å². The summed E-state index contributed by atoms with van der Waals surface area (Å²) in [6.45, 7) is 2.78. The van der Waals surface area contributed by atoms with E-state index in [0.29, 0.717) is 12.5 Å². The van der Waals surface area contributed by atoms with Crippen molar-refractivity contribution in [2.24, 2.45) is 5.73 Å². The van der Waals surface area contributed by atoms with Gasteiger partial charge in [-0.2, -0.15) is 0 Å². The van der Waals surface area contributed by atoms with Crippen LogP contribution in [-0.2, 0) is 6.42 Å². The van der Waals surface area contributed by atoms with E-state index >= 15 is 0 Å². The third-order valence-corrected chi connectivity index (χ3v) is 4.53. The van der Waals surface area contributed by atoms with Gasteiger partial charge in [0.15, 0.2) is 0 Å². The molecule has 3 nitrogen and oxygen atoms in total. The molecule has 0 saturated carbocycles. The number of aryl methyl sites for hydroxylation is 1. The lowest BCUT2D eigenvalue weighted by Crippen LogP contribution is -2.15. The molecule has 0 amide bonds. The standard InChI is InChI=1S/C20H25N3/c1-14-4-9-20-18(10-14)19(13-22-20)16(12-21)11-15-5-7-17(8-6-15)23(2)3/h4-10,13,16,22H,11-12,21H2,1-3H3. The van der Waals surface area contributed by atoms with Gasteiger partial charge in [-0.05, 0) is 55.3 Å². The quantitative estimate of drug-likeness (QED) is 0.752. The minimum atomic E-state index is 0.329. The maximum Gasteiger partial charge on any atom is 0.0457 e. The van der Waals surface area contributed by atoms with Crippen molar-refractivity contribution in [1.82, 2.24) is 4.98 Å². The number of aromatic nitrogens is 1. The molecular weight excluding hydrogens is 282 g/mol. The fourth-order valence-corrected chi connectivity index (χ4v) is 3.13. The van der Waals surface area contributed by atoms with Crippen molar-refractivity contribution in [3.05, 3.63) is 65.4 Å². The van der Waals surface area contributed by atoms with Gasteiger partial charge in [0.05, 0.1) is 0 Å². The highest BCUT2D eigenvalue weighted by molar-refractivity contribution is 5.84. The molecule has 23 heavy (non-hydrogen) atoms. The fraction of sp³-hybridized carbons (Fsp3) is 0.300. The van der Waals surface area contributed by atoms with Crippen molar-refractivity contribution in [1.29, 1.82) is 0 Å². The third-order valence-electron chi connectivity index (χ3n) is 4.53. The zero-order valence-corrected chi connectivity index (χ0v) is 14.1. The maximum absolute atomic E-state index is 6.10. The molecule has 3 heteroatoms. The van der Waals surface area contributed by atoms with Crippen molar-refractivity contribution in [2.75, 3.05) is 25.5 Å². The molecule has 0 bridgehead atoms. The Morgan fingerprint density at radius 3 is 2.48 bits per heavy atom. The Balaban J connectivity index is 1.88. The molecule has 0 saturated heterocycles. The van der Waals surface area contributed by atoms with Gasteiger partial charge >= 0.3 is 0 Å². The Bertz CT molecular complexity index is 784. The van der Waals surface area contributed by atoms with E-state index in [2.05, 4.69) is 79.6 Å². The normalized spacial score (nSPS) is 12.5. The lowest BCUT2D eigenvalue weighted by Gasteiger charge is -2.16. The van der Waals surface area contributed by atoms with E-state index in [1.807, 2.05) is 0 Å². The molecule has 1 heterocycles. The van der Waals surface area contributed by atoms with Crippen LogP contribution in [0.1, 0.15) is 22.6 Å². The van der Waals surface area contributed by atoms with Crippen molar-refractivity contribution >= 4 is 16.6 Å². The number of nitrogens with one attached hydrogen (secondary N) is 1. The molecule has 0 aliphatic carbocycles. The molecule has 2 aromatic carbocycles. The number of rotatable bonds is 5. The fourth-order valence-electron chi connectivity index (χ4n) is 3.13. The summed E-state index contributed by atoms with van der Waals surface area (Å²) >= 11 is 0. The molecule has 120 valence electrons. The van der Waals surface area contributed by atoms with Gasteiger partial charge in [0.2, 0.25) is 0 Å². The second kappa shape index (κ2) is 6.47. The van der Waals surface area contributed by atoms with Gasteiger partial charge in [-0.25, -0.2) is 0 Å². The van der Waals surface area contributed by atoms with Gasteiger partial charge in [-0.1, -0.05) is 23.8 Å². The van der Waals surface area contributed by atoms with E-state index in [4.69, 9.17) is 5.73 Å². The number of aromatic amines is 1. The Morgan fingerprint density at radius 2 is 1.83 bits per heavy atom.